The van der Waals surface area contributed by atoms with Crippen molar-refractivity contribution in [2.45, 2.75) is 33.4 Å². The molecule has 0 aliphatic carbocycles. The molecule has 0 saturated carbocycles. The Kier molecular flexibility index (Phi) is 4.56. The van der Waals surface area contributed by atoms with Crippen molar-refractivity contribution in [1.82, 2.24) is 19.7 Å². The van der Waals surface area contributed by atoms with Gasteiger partial charge in [-0.3, -0.25) is 0 Å². The van der Waals surface area contributed by atoms with Crippen molar-refractivity contribution in [3.63, 3.8) is 0 Å². The van der Waals surface area contributed by atoms with Gasteiger partial charge in [-0.15, -0.1) is 10.2 Å². The van der Waals surface area contributed by atoms with E-state index in [1.807, 2.05) is 4.57 Å². The molecule has 0 fully saturated rings. The van der Waals surface area contributed by atoms with E-state index >= 15 is 0 Å². The lowest BCUT2D eigenvalue weighted by molar-refractivity contribution is 0.0519. The van der Waals surface area contributed by atoms with E-state index in [4.69, 9.17) is 9.15 Å². The molecule has 0 N–H and O–H groups in total. The Balaban J connectivity index is 2.08. The van der Waals surface area contributed by atoms with Crippen LogP contribution in [0.4, 0.5) is 6.01 Å². The molecule has 0 bridgehead atoms. The maximum atomic E-state index is 11.6. The smallest absolute Gasteiger partial charge is 0.360 e. The van der Waals surface area contributed by atoms with Gasteiger partial charge in [0.1, 0.15) is 12.6 Å². The third-order valence-corrected chi connectivity index (χ3v) is 2.89. The first-order valence-electron chi connectivity index (χ1n) is 6.75. The molecule has 0 aliphatic rings. The molecule has 2 aromatic rings. The van der Waals surface area contributed by atoms with Crippen molar-refractivity contribution >= 4 is 12.0 Å². The topological polar surface area (TPSA) is 86.3 Å². The van der Waals surface area contributed by atoms with Crippen LogP contribution in [0.3, 0.4) is 0 Å². The van der Waals surface area contributed by atoms with Crippen LogP contribution >= 0.6 is 0 Å². The van der Waals surface area contributed by atoms with Crippen LogP contribution in [0.2, 0.25) is 0 Å². The highest BCUT2D eigenvalue weighted by molar-refractivity contribution is 5.87. The molecule has 0 aliphatic heterocycles. The zero-order valence-corrected chi connectivity index (χ0v) is 12.6. The minimum atomic E-state index is -0.494. The highest BCUT2D eigenvalue weighted by atomic mass is 16.5. The predicted molar refractivity (Wildman–Crippen MR) is 75.0 cm³/mol. The number of nitrogens with zero attached hydrogens (tertiary/aromatic N) is 5. The van der Waals surface area contributed by atoms with Gasteiger partial charge in [0.2, 0.25) is 0 Å². The number of oxazole rings is 1. The second-order valence-corrected chi connectivity index (χ2v) is 4.84. The maximum Gasteiger partial charge on any atom is 0.360 e. The van der Waals surface area contributed by atoms with Crippen LogP contribution < -0.4 is 4.90 Å². The largest absolute Gasteiger partial charge is 0.461 e. The number of hydrogen-bond acceptors (Lipinski definition) is 7. The van der Waals surface area contributed by atoms with Gasteiger partial charge in [0, 0.05) is 13.1 Å². The molecule has 0 amide bonds. The molecule has 8 nitrogen and oxygen atoms in total. The number of rotatable bonds is 6. The van der Waals surface area contributed by atoms with Gasteiger partial charge < -0.3 is 18.6 Å². The van der Waals surface area contributed by atoms with Crippen LogP contribution in [0.5, 0.6) is 0 Å². The lowest BCUT2D eigenvalue weighted by atomic mass is 10.4. The molecule has 0 atom stereocenters. The van der Waals surface area contributed by atoms with E-state index < -0.39 is 5.97 Å². The minimum Gasteiger partial charge on any atom is -0.461 e. The summed E-state index contributed by atoms with van der Waals surface area (Å²) in [5, 5.41) is 7.99. The highest BCUT2D eigenvalue weighted by Crippen LogP contribution is 2.16. The molecular formula is C13H19N5O3. The normalized spacial score (nSPS) is 10.9. The average Bonchev–Trinajstić information content (AvgIpc) is 3.07. The summed E-state index contributed by atoms with van der Waals surface area (Å²) in [6.07, 6.45) is 2.98. The van der Waals surface area contributed by atoms with E-state index in [2.05, 4.69) is 29.0 Å². The van der Waals surface area contributed by atoms with E-state index in [-0.39, 0.29) is 11.7 Å². The summed E-state index contributed by atoms with van der Waals surface area (Å²) >= 11 is 0. The predicted octanol–water partition coefficient (Wildman–Crippen LogP) is 1.66. The standard InChI is InChI=1S/C13H19N5O3/c1-5-20-12(19)10-7-21-13(15-10)17(4)6-11-16-14-8-18(11)9(2)3/h7-9H,5-6H2,1-4H3. The Hall–Kier alpha value is -2.38. The van der Waals surface area contributed by atoms with E-state index in [9.17, 15) is 4.79 Å². The van der Waals surface area contributed by atoms with E-state index in [1.54, 1.807) is 25.2 Å². The fourth-order valence-electron chi connectivity index (χ4n) is 1.83. The van der Waals surface area contributed by atoms with Crippen LogP contribution in [0.15, 0.2) is 17.0 Å². The third kappa shape index (κ3) is 3.39. The second kappa shape index (κ2) is 6.38. The van der Waals surface area contributed by atoms with Gasteiger partial charge in [0.15, 0.2) is 11.5 Å². The zero-order valence-electron chi connectivity index (χ0n) is 12.6. The molecule has 0 radical (unpaired) electrons. The fourth-order valence-corrected chi connectivity index (χ4v) is 1.83. The average molecular weight is 293 g/mol. The number of aromatic nitrogens is 4. The van der Waals surface area contributed by atoms with Gasteiger partial charge in [-0.25, -0.2) is 4.79 Å². The number of hydrogen-bond donors (Lipinski definition) is 0. The van der Waals surface area contributed by atoms with Crippen molar-refractivity contribution in [2.75, 3.05) is 18.6 Å². The van der Waals surface area contributed by atoms with Crippen molar-refractivity contribution in [3.8, 4) is 0 Å². The number of carbonyl (C=O) groups excluding carboxylic acids is 1. The molecule has 0 saturated heterocycles. The van der Waals surface area contributed by atoms with Gasteiger partial charge in [-0.2, -0.15) is 4.98 Å². The first-order chi connectivity index (χ1) is 10.0. The summed E-state index contributed by atoms with van der Waals surface area (Å²) in [4.78, 5) is 17.4. The Labute approximate surface area is 122 Å². The quantitative estimate of drug-likeness (QED) is 0.748. The number of anilines is 1. The van der Waals surface area contributed by atoms with Crippen molar-refractivity contribution in [3.05, 3.63) is 24.1 Å². The van der Waals surface area contributed by atoms with Crippen LogP contribution in [0.25, 0.3) is 0 Å². The van der Waals surface area contributed by atoms with Crippen molar-refractivity contribution < 1.29 is 13.9 Å². The van der Waals surface area contributed by atoms with Crippen LogP contribution in [0.1, 0.15) is 43.1 Å². The van der Waals surface area contributed by atoms with Crippen molar-refractivity contribution in [1.29, 1.82) is 0 Å². The Morgan fingerprint density at radius 3 is 2.95 bits per heavy atom. The minimum absolute atomic E-state index is 0.157. The van der Waals surface area contributed by atoms with Crippen LogP contribution in [0, 0.1) is 0 Å². The number of ether oxygens (including phenoxy) is 1. The molecule has 8 heteroatoms. The van der Waals surface area contributed by atoms with Gasteiger partial charge in [-0.1, -0.05) is 0 Å². The third-order valence-electron chi connectivity index (χ3n) is 2.89. The number of esters is 1. The molecule has 2 aromatic heterocycles. The SMILES string of the molecule is CCOC(=O)c1coc(N(C)Cc2nncn2C(C)C)n1. The van der Waals surface area contributed by atoms with Gasteiger partial charge >= 0.3 is 5.97 Å². The van der Waals surface area contributed by atoms with E-state index in [0.717, 1.165) is 5.82 Å². The molecule has 0 spiro atoms. The Bertz CT molecular complexity index is 604. The molecule has 2 rings (SSSR count). The maximum absolute atomic E-state index is 11.6. The summed E-state index contributed by atoms with van der Waals surface area (Å²) in [5.74, 6) is 0.301. The van der Waals surface area contributed by atoms with Gasteiger partial charge in [0.05, 0.1) is 13.2 Å². The summed E-state index contributed by atoms with van der Waals surface area (Å²) in [5.41, 5.74) is 0.157. The molecular weight excluding hydrogens is 274 g/mol. The molecule has 0 aromatic carbocycles. The molecule has 114 valence electrons. The summed E-state index contributed by atoms with van der Waals surface area (Å²) in [7, 11) is 1.81. The fraction of sp³-hybridized carbons (Fsp3) is 0.538. The van der Waals surface area contributed by atoms with Gasteiger partial charge in [-0.05, 0) is 20.8 Å². The second-order valence-electron chi connectivity index (χ2n) is 4.84. The molecule has 21 heavy (non-hydrogen) atoms. The van der Waals surface area contributed by atoms with Gasteiger partial charge in [0.25, 0.3) is 6.01 Å². The highest BCUT2D eigenvalue weighted by Gasteiger charge is 2.17. The Morgan fingerprint density at radius 2 is 2.29 bits per heavy atom. The van der Waals surface area contributed by atoms with Crippen LogP contribution in [-0.2, 0) is 11.3 Å². The summed E-state index contributed by atoms with van der Waals surface area (Å²) in [6, 6.07) is 0.597. The van der Waals surface area contributed by atoms with E-state index in [0.29, 0.717) is 19.2 Å². The molecule has 0 unspecified atom stereocenters. The first kappa shape index (κ1) is 15.0. The van der Waals surface area contributed by atoms with E-state index in [1.165, 1.54) is 6.26 Å². The summed E-state index contributed by atoms with van der Waals surface area (Å²) in [6.45, 7) is 6.62. The van der Waals surface area contributed by atoms with Crippen molar-refractivity contribution in [2.24, 2.45) is 0 Å². The monoisotopic (exact) mass is 293 g/mol. The number of carbonyl (C=O) groups is 1. The molecule has 2 heterocycles. The first-order valence-corrected chi connectivity index (χ1v) is 6.75. The zero-order chi connectivity index (χ0) is 15.4. The lowest BCUT2D eigenvalue weighted by Gasteiger charge is -2.16. The lowest BCUT2D eigenvalue weighted by Crippen LogP contribution is -2.20. The van der Waals surface area contributed by atoms with Crippen LogP contribution in [-0.4, -0.2) is 39.4 Å². The Morgan fingerprint density at radius 1 is 1.52 bits per heavy atom. The summed E-state index contributed by atoms with van der Waals surface area (Å²) < 4.78 is 12.1.